The molecular weight excluding hydrogens is 406 g/mol. The second kappa shape index (κ2) is 8.87. The summed E-state index contributed by atoms with van der Waals surface area (Å²) in [6.07, 6.45) is 3.38. The van der Waals surface area contributed by atoms with Crippen molar-refractivity contribution in [1.82, 2.24) is 5.48 Å². The number of benzene rings is 1. The third-order valence-corrected chi connectivity index (χ3v) is 8.05. The molecule has 1 saturated heterocycles. The zero-order valence-electron chi connectivity index (χ0n) is 16.7. The number of nitrogens with two attached hydrogens (primary N) is 1. The van der Waals surface area contributed by atoms with Crippen molar-refractivity contribution >= 4 is 40.6 Å². The minimum Gasteiger partial charge on any atom is -0.324 e. The molecule has 1 aliphatic heterocycles. The van der Waals surface area contributed by atoms with Gasteiger partial charge in [-0.1, -0.05) is 18.6 Å². The standard InChI is InChI=1S/C21H27N3O3S2/c1-20(2,22)19(26)23-15-7-5-6-14(12-15)16-8-9-17(29-16)21(13-18(25)24-27)10-3-4-11-28-21/h5-9,12,27H,3-4,10-11,13,22H2,1-2H3,(H,23,26)(H,24,25)/t21-/m0/s1. The van der Waals surface area contributed by atoms with Crippen molar-refractivity contribution in [2.45, 2.75) is 49.8 Å². The molecule has 29 heavy (non-hydrogen) atoms. The van der Waals surface area contributed by atoms with Gasteiger partial charge in [-0.25, -0.2) is 5.48 Å². The molecule has 1 aliphatic rings. The topological polar surface area (TPSA) is 104 Å². The summed E-state index contributed by atoms with van der Waals surface area (Å²) in [7, 11) is 0. The second-order valence-electron chi connectivity index (χ2n) is 7.93. The number of anilines is 1. The predicted octanol–water partition coefficient (Wildman–Crippen LogP) is 4.10. The van der Waals surface area contributed by atoms with Crippen LogP contribution in [-0.2, 0) is 14.3 Å². The van der Waals surface area contributed by atoms with Crippen LogP contribution >= 0.6 is 23.1 Å². The molecule has 156 valence electrons. The van der Waals surface area contributed by atoms with Gasteiger partial charge in [-0.2, -0.15) is 0 Å². The number of hydrogen-bond acceptors (Lipinski definition) is 6. The number of carbonyl (C=O) groups is 2. The first kappa shape index (κ1) is 21.8. The summed E-state index contributed by atoms with van der Waals surface area (Å²) in [5, 5.41) is 11.9. The maximum atomic E-state index is 12.2. The van der Waals surface area contributed by atoms with Gasteiger partial charge in [0.1, 0.15) is 0 Å². The van der Waals surface area contributed by atoms with Gasteiger partial charge in [0.15, 0.2) is 0 Å². The van der Waals surface area contributed by atoms with Gasteiger partial charge in [0.2, 0.25) is 11.8 Å². The van der Waals surface area contributed by atoms with Crippen molar-refractivity contribution in [2.24, 2.45) is 5.73 Å². The van der Waals surface area contributed by atoms with Gasteiger partial charge in [0.25, 0.3) is 0 Å². The minimum absolute atomic E-state index is 0.242. The molecule has 0 bridgehead atoms. The molecule has 1 aromatic carbocycles. The Kier molecular flexibility index (Phi) is 6.68. The Labute approximate surface area is 179 Å². The number of rotatable bonds is 6. The Morgan fingerprint density at radius 3 is 2.69 bits per heavy atom. The van der Waals surface area contributed by atoms with E-state index in [2.05, 4.69) is 17.4 Å². The van der Waals surface area contributed by atoms with E-state index in [9.17, 15) is 9.59 Å². The SMILES string of the molecule is CC(C)(N)C(=O)Nc1cccc(-c2ccc([C@@]3(CC(=O)NO)CCCCS3)s2)c1. The lowest BCUT2D eigenvalue weighted by molar-refractivity contribution is -0.129. The third-order valence-electron chi connectivity index (χ3n) is 4.97. The Morgan fingerprint density at radius 1 is 1.24 bits per heavy atom. The molecule has 3 rings (SSSR count). The van der Waals surface area contributed by atoms with E-state index >= 15 is 0 Å². The summed E-state index contributed by atoms with van der Waals surface area (Å²) in [5.41, 5.74) is 8.39. The lowest BCUT2D eigenvalue weighted by atomic mass is 9.94. The number of amides is 2. The minimum atomic E-state index is -0.954. The molecule has 5 N–H and O–H groups in total. The number of thioether (sulfide) groups is 1. The first-order chi connectivity index (χ1) is 13.7. The van der Waals surface area contributed by atoms with Gasteiger partial charge in [-0.05, 0) is 62.3 Å². The number of carbonyl (C=O) groups excluding carboxylic acids is 2. The van der Waals surface area contributed by atoms with Gasteiger partial charge in [0, 0.05) is 21.9 Å². The predicted molar refractivity (Wildman–Crippen MR) is 119 cm³/mol. The molecule has 0 saturated carbocycles. The van der Waals surface area contributed by atoms with Crippen LogP contribution in [-0.4, -0.2) is 28.3 Å². The quantitative estimate of drug-likeness (QED) is 0.406. The molecule has 1 fully saturated rings. The van der Waals surface area contributed by atoms with E-state index in [1.165, 1.54) is 0 Å². The van der Waals surface area contributed by atoms with Gasteiger partial charge >= 0.3 is 0 Å². The van der Waals surface area contributed by atoms with Crippen LogP contribution in [0, 0.1) is 0 Å². The van der Waals surface area contributed by atoms with Crippen molar-refractivity contribution in [3.05, 3.63) is 41.3 Å². The van der Waals surface area contributed by atoms with E-state index in [-0.39, 0.29) is 23.0 Å². The molecule has 2 heterocycles. The Morgan fingerprint density at radius 2 is 2.03 bits per heavy atom. The molecule has 2 amide bonds. The number of nitrogens with one attached hydrogen (secondary N) is 2. The van der Waals surface area contributed by atoms with Gasteiger partial charge in [-0.3, -0.25) is 14.8 Å². The number of hydroxylamine groups is 1. The Bertz CT molecular complexity index is 883. The van der Waals surface area contributed by atoms with E-state index in [0.29, 0.717) is 5.69 Å². The summed E-state index contributed by atoms with van der Waals surface area (Å²) in [4.78, 5) is 26.3. The summed E-state index contributed by atoms with van der Waals surface area (Å²) in [5.74, 6) is 0.403. The zero-order valence-corrected chi connectivity index (χ0v) is 18.3. The first-order valence-electron chi connectivity index (χ1n) is 9.61. The van der Waals surface area contributed by atoms with E-state index in [4.69, 9.17) is 10.9 Å². The summed E-state index contributed by atoms with van der Waals surface area (Å²) in [6.45, 7) is 3.34. The van der Waals surface area contributed by atoms with Crippen LogP contribution in [0.1, 0.15) is 44.4 Å². The highest BCUT2D eigenvalue weighted by atomic mass is 32.2. The fraction of sp³-hybridized carbons (Fsp3) is 0.429. The fourth-order valence-corrected chi connectivity index (χ4v) is 6.24. The number of thiophene rings is 1. The van der Waals surface area contributed by atoms with Crippen LogP contribution in [0.3, 0.4) is 0 Å². The molecule has 1 atom stereocenters. The first-order valence-corrected chi connectivity index (χ1v) is 11.4. The second-order valence-corrected chi connectivity index (χ2v) is 10.5. The molecule has 2 aromatic rings. The normalized spacial score (nSPS) is 19.6. The smallest absolute Gasteiger partial charge is 0.245 e. The maximum absolute atomic E-state index is 12.2. The summed E-state index contributed by atoms with van der Waals surface area (Å²) >= 11 is 3.45. The molecule has 0 spiro atoms. The van der Waals surface area contributed by atoms with E-state index in [1.54, 1.807) is 42.4 Å². The van der Waals surface area contributed by atoms with E-state index < -0.39 is 5.54 Å². The number of hydrogen-bond donors (Lipinski definition) is 4. The molecule has 0 radical (unpaired) electrons. The Balaban J connectivity index is 1.86. The van der Waals surface area contributed by atoms with E-state index in [1.807, 2.05) is 24.3 Å². The lowest BCUT2D eigenvalue weighted by Gasteiger charge is -2.35. The van der Waals surface area contributed by atoms with Crippen molar-refractivity contribution in [3.63, 3.8) is 0 Å². The highest BCUT2D eigenvalue weighted by Gasteiger charge is 2.38. The van der Waals surface area contributed by atoms with Crippen LogP contribution in [0.2, 0.25) is 0 Å². The monoisotopic (exact) mass is 433 g/mol. The highest BCUT2D eigenvalue weighted by Crippen LogP contribution is 2.50. The van der Waals surface area contributed by atoms with Crippen LogP contribution < -0.4 is 16.5 Å². The zero-order chi connectivity index (χ0) is 21.1. The highest BCUT2D eigenvalue weighted by molar-refractivity contribution is 8.00. The van der Waals surface area contributed by atoms with Gasteiger partial charge in [0.05, 0.1) is 10.3 Å². The molecule has 8 heteroatoms. The Hall–Kier alpha value is -1.87. The average molecular weight is 434 g/mol. The molecule has 1 aromatic heterocycles. The van der Waals surface area contributed by atoms with Gasteiger partial charge < -0.3 is 11.1 Å². The maximum Gasteiger partial charge on any atom is 0.245 e. The lowest BCUT2D eigenvalue weighted by Crippen LogP contribution is -2.45. The van der Waals surface area contributed by atoms with Crippen molar-refractivity contribution < 1.29 is 14.8 Å². The summed E-state index contributed by atoms with van der Waals surface area (Å²) in [6, 6.07) is 11.8. The van der Waals surface area contributed by atoms with Crippen LogP contribution in [0.5, 0.6) is 0 Å². The molecular formula is C21H27N3O3S2. The van der Waals surface area contributed by atoms with Gasteiger partial charge in [-0.15, -0.1) is 23.1 Å². The van der Waals surface area contributed by atoms with Crippen molar-refractivity contribution in [2.75, 3.05) is 11.1 Å². The summed E-state index contributed by atoms with van der Waals surface area (Å²) < 4.78 is -0.302. The molecule has 0 aliphatic carbocycles. The third kappa shape index (κ3) is 5.19. The van der Waals surface area contributed by atoms with Crippen molar-refractivity contribution in [3.8, 4) is 10.4 Å². The van der Waals surface area contributed by atoms with Crippen LogP contribution in [0.25, 0.3) is 10.4 Å². The molecule has 6 nitrogen and oxygen atoms in total. The van der Waals surface area contributed by atoms with Crippen LogP contribution in [0.4, 0.5) is 5.69 Å². The molecule has 0 unspecified atom stereocenters. The largest absolute Gasteiger partial charge is 0.324 e. The average Bonchev–Trinajstić information content (AvgIpc) is 3.19. The van der Waals surface area contributed by atoms with Crippen molar-refractivity contribution in [1.29, 1.82) is 0 Å². The fourth-order valence-electron chi connectivity index (χ4n) is 3.35. The van der Waals surface area contributed by atoms with Crippen LogP contribution in [0.15, 0.2) is 36.4 Å². The van der Waals surface area contributed by atoms with E-state index in [0.717, 1.165) is 40.3 Å².